The second-order valence-electron chi connectivity index (χ2n) is 5.04. The molecule has 0 fully saturated rings. The van der Waals surface area contributed by atoms with Crippen LogP contribution >= 0.6 is 0 Å². The van der Waals surface area contributed by atoms with Crippen LogP contribution in [0.4, 0.5) is 0 Å². The van der Waals surface area contributed by atoms with Crippen molar-refractivity contribution in [3.8, 4) is 0 Å². The summed E-state index contributed by atoms with van der Waals surface area (Å²) in [6.07, 6.45) is 6.56. The minimum Gasteiger partial charge on any atom is -0.495 e. The highest BCUT2D eigenvalue weighted by atomic mass is 16.5. The Balaban J connectivity index is 1.89. The average Bonchev–Trinajstić information content (AvgIpc) is 2.40. The van der Waals surface area contributed by atoms with Crippen LogP contribution in [0.3, 0.4) is 0 Å². The fraction of sp³-hybridized carbons (Fsp3) is 0.467. The van der Waals surface area contributed by atoms with Crippen LogP contribution in [-0.2, 0) is 17.6 Å². The van der Waals surface area contributed by atoms with Crippen molar-refractivity contribution in [2.75, 3.05) is 6.61 Å². The zero-order chi connectivity index (χ0) is 11.7. The molecule has 1 atom stereocenters. The van der Waals surface area contributed by atoms with Gasteiger partial charge in [-0.2, -0.15) is 0 Å². The van der Waals surface area contributed by atoms with E-state index in [4.69, 9.17) is 4.74 Å². The molecule has 1 aliphatic carbocycles. The number of benzene rings is 1. The maximum Gasteiger partial charge on any atom is 0.125 e. The normalized spacial score (nSPS) is 27.9. The van der Waals surface area contributed by atoms with E-state index in [0.717, 1.165) is 38.0 Å². The molecule has 2 heteroatoms. The van der Waals surface area contributed by atoms with Crippen LogP contribution in [0, 0.1) is 0 Å². The number of rotatable bonds is 1. The van der Waals surface area contributed by atoms with Crippen LogP contribution in [-0.4, -0.2) is 17.3 Å². The SMILES string of the molecule is OC1(C2=CCCCO2)CCc2ccccc2C1. The van der Waals surface area contributed by atoms with Crippen LogP contribution < -0.4 is 0 Å². The van der Waals surface area contributed by atoms with Crippen LogP contribution in [0.5, 0.6) is 0 Å². The van der Waals surface area contributed by atoms with Crippen LogP contribution in [0.1, 0.15) is 30.4 Å². The van der Waals surface area contributed by atoms with Crippen LogP contribution in [0.15, 0.2) is 36.1 Å². The van der Waals surface area contributed by atoms with E-state index in [9.17, 15) is 5.11 Å². The summed E-state index contributed by atoms with van der Waals surface area (Å²) in [5.41, 5.74) is 1.86. The third-order valence-electron chi connectivity index (χ3n) is 3.80. The Morgan fingerprint density at radius 2 is 2.00 bits per heavy atom. The van der Waals surface area contributed by atoms with E-state index in [1.807, 2.05) is 6.07 Å². The zero-order valence-corrected chi connectivity index (χ0v) is 9.98. The second-order valence-corrected chi connectivity index (χ2v) is 5.04. The van der Waals surface area contributed by atoms with Gasteiger partial charge < -0.3 is 9.84 Å². The number of hydrogen-bond donors (Lipinski definition) is 1. The summed E-state index contributed by atoms with van der Waals surface area (Å²) in [6.45, 7) is 0.746. The molecule has 90 valence electrons. The largest absolute Gasteiger partial charge is 0.495 e. The van der Waals surface area contributed by atoms with Gasteiger partial charge in [0.05, 0.1) is 6.61 Å². The lowest BCUT2D eigenvalue weighted by molar-refractivity contribution is -0.00571. The predicted molar refractivity (Wildman–Crippen MR) is 66.7 cm³/mol. The number of allylic oxidation sites excluding steroid dienone is 1. The van der Waals surface area contributed by atoms with Crippen molar-refractivity contribution in [1.29, 1.82) is 0 Å². The molecule has 0 saturated heterocycles. The lowest BCUT2D eigenvalue weighted by Gasteiger charge is -2.36. The highest BCUT2D eigenvalue weighted by Gasteiger charge is 2.37. The first-order chi connectivity index (χ1) is 8.28. The van der Waals surface area contributed by atoms with Crippen molar-refractivity contribution >= 4 is 0 Å². The molecule has 0 bridgehead atoms. The number of ether oxygens (including phenoxy) is 1. The van der Waals surface area contributed by atoms with E-state index in [0.29, 0.717) is 6.42 Å². The van der Waals surface area contributed by atoms with Crippen molar-refractivity contribution in [2.24, 2.45) is 0 Å². The van der Waals surface area contributed by atoms with Gasteiger partial charge in [0.25, 0.3) is 0 Å². The molecule has 1 N–H and O–H groups in total. The number of hydrogen-bond acceptors (Lipinski definition) is 2. The van der Waals surface area contributed by atoms with E-state index in [1.54, 1.807) is 0 Å². The molecule has 0 aromatic heterocycles. The number of fused-ring (bicyclic) bond motifs is 1. The zero-order valence-electron chi connectivity index (χ0n) is 9.98. The molecule has 1 unspecified atom stereocenters. The average molecular weight is 230 g/mol. The highest BCUT2D eigenvalue weighted by molar-refractivity contribution is 5.34. The lowest BCUT2D eigenvalue weighted by Crippen LogP contribution is -2.39. The molecule has 2 aliphatic rings. The molecule has 0 saturated carbocycles. The van der Waals surface area contributed by atoms with Crippen molar-refractivity contribution in [1.82, 2.24) is 0 Å². The third kappa shape index (κ3) is 1.98. The Morgan fingerprint density at radius 3 is 2.76 bits per heavy atom. The van der Waals surface area contributed by atoms with E-state index in [2.05, 4.69) is 24.3 Å². The topological polar surface area (TPSA) is 29.5 Å². The molecule has 1 aromatic rings. The van der Waals surface area contributed by atoms with Gasteiger partial charge in [-0.05, 0) is 42.9 Å². The maximum atomic E-state index is 10.7. The minimum absolute atomic E-state index is 0.689. The first kappa shape index (κ1) is 10.8. The Hall–Kier alpha value is -1.28. The molecule has 1 aliphatic heterocycles. The summed E-state index contributed by atoms with van der Waals surface area (Å²) in [5.74, 6) is 0.804. The first-order valence-corrected chi connectivity index (χ1v) is 6.40. The monoisotopic (exact) mass is 230 g/mol. The summed E-state index contributed by atoms with van der Waals surface area (Å²) in [7, 11) is 0. The van der Waals surface area contributed by atoms with Gasteiger partial charge in [-0.3, -0.25) is 0 Å². The summed E-state index contributed by atoms with van der Waals surface area (Å²) < 4.78 is 5.65. The van der Waals surface area contributed by atoms with E-state index in [-0.39, 0.29) is 0 Å². The quantitative estimate of drug-likeness (QED) is 0.803. The molecular formula is C15H18O2. The van der Waals surface area contributed by atoms with Crippen LogP contribution in [0.2, 0.25) is 0 Å². The van der Waals surface area contributed by atoms with Gasteiger partial charge in [0.15, 0.2) is 0 Å². The first-order valence-electron chi connectivity index (χ1n) is 6.40. The van der Waals surface area contributed by atoms with Crippen molar-refractivity contribution in [3.63, 3.8) is 0 Å². The van der Waals surface area contributed by atoms with Gasteiger partial charge in [0, 0.05) is 6.42 Å². The summed E-state index contributed by atoms with van der Waals surface area (Å²) in [5, 5.41) is 10.7. The number of aryl methyl sites for hydroxylation is 1. The van der Waals surface area contributed by atoms with Crippen molar-refractivity contribution in [3.05, 3.63) is 47.2 Å². The summed E-state index contributed by atoms with van der Waals surface area (Å²) in [6, 6.07) is 8.38. The van der Waals surface area contributed by atoms with E-state index < -0.39 is 5.60 Å². The Labute approximate surface area is 102 Å². The molecule has 0 radical (unpaired) electrons. The molecule has 1 heterocycles. The second kappa shape index (κ2) is 4.19. The lowest BCUT2D eigenvalue weighted by atomic mass is 9.79. The fourth-order valence-electron chi connectivity index (χ4n) is 2.81. The molecule has 2 nitrogen and oxygen atoms in total. The van der Waals surface area contributed by atoms with Gasteiger partial charge in [-0.25, -0.2) is 0 Å². The maximum absolute atomic E-state index is 10.7. The molecule has 0 amide bonds. The summed E-state index contributed by atoms with van der Waals surface area (Å²) in [4.78, 5) is 0. The van der Waals surface area contributed by atoms with Crippen molar-refractivity contribution in [2.45, 2.75) is 37.7 Å². The number of aliphatic hydroxyl groups is 1. The molecule has 1 aromatic carbocycles. The standard InChI is InChI=1S/C15H18O2/c16-15(14-7-3-4-10-17-14)9-8-12-5-1-2-6-13(12)11-15/h1-2,5-7,16H,3-4,8-11H2. The molecular weight excluding hydrogens is 212 g/mol. The fourth-order valence-corrected chi connectivity index (χ4v) is 2.81. The molecule has 0 spiro atoms. The van der Waals surface area contributed by atoms with Gasteiger partial charge in [0.1, 0.15) is 11.4 Å². The van der Waals surface area contributed by atoms with Gasteiger partial charge in [-0.1, -0.05) is 24.3 Å². The van der Waals surface area contributed by atoms with Gasteiger partial charge in [-0.15, -0.1) is 0 Å². The van der Waals surface area contributed by atoms with E-state index in [1.165, 1.54) is 11.1 Å². The molecule has 3 rings (SSSR count). The van der Waals surface area contributed by atoms with Crippen LogP contribution in [0.25, 0.3) is 0 Å². The Morgan fingerprint density at radius 1 is 1.18 bits per heavy atom. The smallest absolute Gasteiger partial charge is 0.125 e. The highest BCUT2D eigenvalue weighted by Crippen LogP contribution is 2.35. The van der Waals surface area contributed by atoms with E-state index >= 15 is 0 Å². The minimum atomic E-state index is -0.769. The van der Waals surface area contributed by atoms with Gasteiger partial charge >= 0.3 is 0 Å². The van der Waals surface area contributed by atoms with Gasteiger partial charge in [0.2, 0.25) is 0 Å². The third-order valence-corrected chi connectivity index (χ3v) is 3.80. The predicted octanol–water partition coefficient (Wildman–Crippen LogP) is 2.60. The summed E-state index contributed by atoms with van der Waals surface area (Å²) >= 11 is 0. The van der Waals surface area contributed by atoms with Crippen molar-refractivity contribution < 1.29 is 9.84 Å². The Kier molecular flexibility index (Phi) is 2.67. The molecule has 17 heavy (non-hydrogen) atoms. The Bertz CT molecular complexity index is 450.